The van der Waals surface area contributed by atoms with Gasteiger partial charge >= 0.3 is 9.33 Å². The standard InChI is InChI=1S/C2H7ClO3SSi/c1-8(2)6-7(3,4)5/h8H,1-2H3. The molecule has 0 N–H and O–H groups in total. The highest BCUT2D eigenvalue weighted by Gasteiger charge is 2.07. The van der Waals surface area contributed by atoms with E-state index in [1.807, 2.05) is 0 Å². The third kappa shape index (κ3) is 6.42. The second kappa shape index (κ2) is 2.81. The van der Waals surface area contributed by atoms with Crippen LogP contribution in [0.5, 0.6) is 0 Å². The zero-order valence-electron chi connectivity index (χ0n) is 4.59. The molecule has 0 heterocycles. The molecule has 0 aliphatic heterocycles. The van der Waals surface area contributed by atoms with E-state index in [1.54, 1.807) is 13.1 Å². The highest BCUT2D eigenvalue weighted by molar-refractivity contribution is 8.10. The van der Waals surface area contributed by atoms with Crippen molar-refractivity contribution in [3.8, 4) is 0 Å². The third-order valence-corrected chi connectivity index (χ3v) is 3.42. The topological polar surface area (TPSA) is 43.4 Å². The Morgan fingerprint density at radius 2 is 1.88 bits per heavy atom. The number of hydrogen-bond acceptors (Lipinski definition) is 3. The Labute approximate surface area is 55.0 Å². The van der Waals surface area contributed by atoms with Crippen LogP contribution < -0.4 is 0 Å². The van der Waals surface area contributed by atoms with Gasteiger partial charge in [-0.1, -0.05) is 0 Å². The lowest BCUT2D eigenvalue weighted by Gasteiger charge is -1.97. The molecule has 0 rings (SSSR count). The van der Waals surface area contributed by atoms with Gasteiger partial charge in [-0.15, -0.1) is 0 Å². The van der Waals surface area contributed by atoms with E-state index in [9.17, 15) is 8.42 Å². The minimum absolute atomic E-state index is 1.52. The van der Waals surface area contributed by atoms with Gasteiger partial charge in [0.15, 0.2) is 9.04 Å². The summed E-state index contributed by atoms with van der Waals surface area (Å²) in [4.78, 5) is 0. The van der Waals surface area contributed by atoms with Crippen molar-refractivity contribution in [3.63, 3.8) is 0 Å². The molecule has 8 heavy (non-hydrogen) atoms. The molecule has 0 saturated carbocycles. The summed E-state index contributed by atoms with van der Waals surface area (Å²) in [5.41, 5.74) is 0. The van der Waals surface area contributed by atoms with Gasteiger partial charge in [-0.2, -0.15) is 8.42 Å². The molecule has 0 saturated heterocycles. The van der Waals surface area contributed by atoms with E-state index in [4.69, 9.17) is 10.7 Å². The Hall–Kier alpha value is 0.417. The van der Waals surface area contributed by atoms with E-state index in [0.29, 0.717) is 0 Å². The van der Waals surface area contributed by atoms with E-state index < -0.39 is 18.4 Å². The molecule has 6 heteroatoms. The maximum absolute atomic E-state index is 10.0. The van der Waals surface area contributed by atoms with Crippen LogP contribution in [0.4, 0.5) is 0 Å². The van der Waals surface area contributed by atoms with Crippen molar-refractivity contribution < 1.29 is 12.3 Å². The smallest absolute Gasteiger partial charge is 0.308 e. The predicted molar refractivity (Wildman–Crippen MR) is 34.7 cm³/mol. The molecule has 0 spiro atoms. The van der Waals surface area contributed by atoms with Gasteiger partial charge in [0.1, 0.15) is 0 Å². The number of halogens is 1. The monoisotopic (exact) mass is 174 g/mol. The molecule has 0 fully saturated rings. The first-order valence-electron chi connectivity index (χ1n) is 2.04. The average Bonchev–Trinajstić information content (AvgIpc) is 1.21. The molecule has 0 aliphatic carbocycles. The van der Waals surface area contributed by atoms with E-state index in [-0.39, 0.29) is 0 Å². The summed E-state index contributed by atoms with van der Waals surface area (Å²) in [5, 5.41) is 0. The van der Waals surface area contributed by atoms with Crippen molar-refractivity contribution in [2.24, 2.45) is 0 Å². The van der Waals surface area contributed by atoms with E-state index in [0.717, 1.165) is 0 Å². The van der Waals surface area contributed by atoms with E-state index >= 15 is 0 Å². The van der Waals surface area contributed by atoms with Crippen molar-refractivity contribution in [1.82, 2.24) is 0 Å². The maximum atomic E-state index is 10.0. The van der Waals surface area contributed by atoms with Crippen molar-refractivity contribution in [1.29, 1.82) is 0 Å². The first kappa shape index (κ1) is 8.42. The summed E-state index contributed by atoms with van der Waals surface area (Å²) in [6, 6.07) is 0. The molecule has 0 amide bonds. The lowest BCUT2D eigenvalue weighted by atomic mass is 11.9. The summed E-state index contributed by atoms with van der Waals surface area (Å²) in [7, 11) is -0.492. The van der Waals surface area contributed by atoms with Gasteiger partial charge in [-0.25, -0.2) is 0 Å². The van der Waals surface area contributed by atoms with Crippen LogP contribution in [0.25, 0.3) is 0 Å². The van der Waals surface area contributed by atoms with Crippen LogP contribution in [0, 0.1) is 0 Å². The maximum Gasteiger partial charge on any atom is 0.345 e. The van der Waals surface area contributed by atoms with Crippen molar-refractivity contribution in [2.75, 3.05) is 0 Å². The van der Waals surface area contributed by atoms with Crippen molar-refractivity contribution in [2.45, 2.75) is 13.1 Å². The average molecular weight is 175 g/mol. The molecular weight excluding hydrogens is 168 g/mol. The van der Waals surface area contributed by atoms with Gasteiger partial charge < -0.3 is 3.87 Å². The van der Waals surface area contributed by atoms with Crippen molar-refractivity contribution >= 4 is 29.1 Å². The van der Waals surface area contributed by atoms with Gasteiger partial charge in [0.25, 0.3) is 0 Å². The first-order valence-corrected chi connectivity index (χ1v) is 7.06. The molecule has 0 unspecified atom stereocenters. The summed E-state index contributed by atoms with van der Waals surface area (Å²) < 4.78 is 24.4. The molecule has 0 bridgehead atoms. The Bertz CT molecular complexity index is 151. The Morgan fingerprint density at radius 1 is 1.50 bits per heavy atom. The minimum Gasteiger partial charge on any atom is -0.308 e. The lowest BCUT2D eigenvalue weighted by Crippen LogP contribution is -2.10. The molecule has 0 aromatic rings. The Kier molecular flexibility index (Phi) is 2.96. The van der Waals surface area contributed by atoms with Gasteiger partial charge in [0.05, 0.1) is 0 Å². The Balaban J connectivity index is 3.75. The van der Waals surface area contributed by atoms with E-state index in [2.05, 4.69) is 3.87 Å². The van der Waals surface area contributed by atoms with Gasteiger partial charge in [0.2, 0.25) is 0 Å². The summed E-state index contributed by atoms with van der Waals surface area (Å²) in [6.45, 7) is 3.44. The second-order valence-electron chi connectivity index (χ2n) is 1.54. The van der Waals surface area contributed by atoms with Gasteiger partial charge in [-0.05, 0) is 13.1 Å². The van der Waals surface area contributed by atoms with Gasteiger partial charge in [0, 0.05) is 10.7 Å². The van der Waals surface area contributed by atoms with Crippen LogP contribution in [-0.4, -0.2) is 17.5 Å². The van der Waals surface area contributed by atoms with Crippen LogP contribution in [0.3, 0.4) is 0 Å². The summed E-state index contributed by atoms with van der Waals surface area (Å²) >= 11 is 0. The lowest BCUT2D eigenvalue weighted by molar-refractivity contribution is 0.513. The second-order valence-corrected chi connectivity index (χ2v) is 6.33. The molecule has 0 radical (unpaired) electrons. The number of rotatable bonds is 2. The number of hydrogen-bond donors (Lipinski definition) is 0. The molecule has 3 nitrogen and oxygen atoms in total. The van der Waals surface area contributed by atoms with Crippen LogP contribution >= 0.6 is 10.7 Å². The molecule has 50 valence electrons. The molecule has 0 aromatic heterocycles. The van der Waals surface area contributed by atoms with Crippen LogP contribution in [0.15, 0.2) is 0 Å². The zero-order chi connectivity index (χ0) is 6.78. The van der Waals surface area contributed by atoms with Crippen LogP contribution in [0.1, 0.15) is 0 Å². The first-order chi connectivity index (χ1) is 3.42. The quantitative estimate of drug-likeness (QED) is 0.452. The fourth-order valence-corrected chi connectivity index (χ4v) is 3.38. The Morgan fingerprint density at radius 3 is 1.88 bits per heavy atom. The normalized spacial score (nSPS) is 12.5. The molecule has 0 aromatic carbocycles. The fourth-order valence-electron chi connectivity index (χ4n) is 0.230. The fraction of sp³-hybridized carbons (Fsp3) is 1.00. The van der Waals surface area contributed by atoms with Crippen LogP contribution in [-0.2, 0) is 13.2 Å². The molecule has 0 atom stereocenters. The predicted octanol–water partition coefficient (Wildman–Crippen LogP) is 0.470. The molecule has 0 aliphatic rings. The van der Waals surface area contributed by atoms with Crippen LogP contribution in [0.2, 0.25) is 13.1 Å². The van der Waals surface area contributed by atoms with E-state index in [1.165, 1.54) is 0 Å². The highest BCUT2D eigenvalue weighted by Crippen LogP contribution is 1.99. The van der Waals surface area contributed by atoms with Crippen molar-refractivity contribution in [3.05, 3.63) is 0 Å². The third-order valence-electron chi connectivity index (χ3n) is 0.307. The zero-order valence-corrected chi connectivity index (χ0v) is 7.32. The summed E-state index contributed by atoms with van der Waals surface area (Å²) in [5.74, 6) is 0. The van der Waals surface area contributed by atoms with Gasteiger partial charge in [-0.3, -0.25) is 0 Å². The highest BCUT2D eigenvalue weighted by atomic mass is 35.7. The summed E-state index contributed by atoms with van der Waals surface area (Å²) in [6.07, 6.45) is 0. The largest absolute Gasteiger partial charge is 0.345 e. The SMILES string of the molecule is C[SiH](C)OS(=O)(=O)Cl. The molecular formula is C2H7ClO3SSi. The minimum atomic E-state index is -3.69.